The lowest BCUT2D eigenvalue weighted by atomic mass is 10.4. The monoisotopic (exact) mass is 210 g/mol. The predicted octanol–water partition coefficient (Wildman–Crippen LogP) is 1.80. The first-order chi connectivity index (χ1) is 6.66. The van der Waals surface area contributed by atoms with Gasteiger partial charge in [-0.2, -0.15) is 4.98 Å². The Kier molecular flexibility index (Phi) is 2.05. The van der Waals surface area contributed by atoms with E-state index in [-0.39, 0.29) is 11.7 Å². The van der Waals surface area contributed by atoms with Crippen molar-refractivity contribution < 1.29 is 14.4 Å². The Labute approximate surface area is 83.0 Å². The molecule has 0 aliphatic heterocycles. The molecule has 6 heteroatoms. The van der Waals surface area contributed by atoms with Crippen LogP contribution in [0.3, 0.4) is 0 Å². The summed E-state index contributed by atoms with van der Waals surface area (Å²) in [6.45, 7) is 1.95. The summed E-state index contributed by atoms with van der Waals surface area (Å²) in [6, 6.07) is 3.73. The van der Waals surface area contributed by atoms with Crippen molar-refractivity contribution in [1.82, 2.24) is 10.1 Å². The predicted molar refractivity (Wildman–Crippen MR) is 49.3 cm³/mol. The first kappa shape index (κ1) is 8.89. The van der Waals surface area contributed by atoms with Crippen LogP contribution in [0.15, 0.2) is 16.7 Å². The maximum absolute atomic E-state index is 10.5. The molecular formula is C8H6N2O3S. The van der Waals surface area contributed by atoms with Crippen molar-refractivity contribution in [1.29, 1.82) is 0 Å². The third-order valence-corrected chi connectivity index (χ3v) is 2.56. The van der Waals surface area contributed by atoms with Gasteiger partial charge in [0.1, 0.15) is 0 Å². The highest BCUT2D eigenvalue weighted by Gasteiger charge is 2.14. The van der Waals surface area contributed by atoms with Gasteiger partial charge in [-0.05, 0) is 24.2 Å². The molecule has 0 saturated heterocycles. The molecule has 2 aromatic rings. The molecule has 0 amide bonds. The lowest BCUT2D eigenvalue weighted by Crippen LogP contribution is -1.97. The first-order valence-electron chi connectivity index (χ1n) is 3.80. The molecule has 72 valence electrons. The van der Waals surface area contributed by atoms with Gasteiger partial charge in [-0.3, -0.25) is 0 Å². The van der Waals surface area contributed by atoms with E-state index >= 15 is 0 Å². The van der Waals surface area contributed by atoms with Crippen LogP contribution in [0.4, 0.5) is 0 Å². The number of hydrogen-bond acceptors (Lipinski definition) is 5. The highest BCUT2D eigenvalue weighted by Crippen LogP contribution is 2.25. The van der Waals surface area contributed by atoms with Crippen LogP contribution in [0, 0.1) is 6.92 Å². The largest absolute Gasteiger partial charge is 0.475 e. The van der Waals surface area contributed by atoms with Crippen molar-refractivity contribution in [2.75, 3.05) is 0 Å². The third kappa shape index (κ3) is 1.51. The molecule has 14 heavy (non-hydrogen) atoms. The van der Waals surface area contributed by atoms with E-state index in [0.29, 0.717) is 0 Å². The van der Waals surface area contributed by atoms with E-state index in [4.69, 9.17) is 9.63 Å². The Balaban J connectivity index is 2.38. The van der Waals surface area contributed by atoms with E-state index in [1.54, 1.807) is 0 Å². The number of carboxylic acids is 1. The molecule has 2 aromatic heterocycles. The zero-order valence-corrected chi connectivity index (χ0v) is 8.04. The average Bonchev–Trinajstić information content (AvgIpc) is 2.70. The van der Waals surface area contributed by atoms with Gasteiger partial charge in [-0.25, -0.2) is 4.79 Å². The van der Waals surface area contributed by atoms with Gasteiger partial charge in [-0.15, -0.1) is 11.3 Å². The second kappa shape index (κ2) is 3.22. The topological polar surface area (TPSA) is 76.2 Å². The van der Waals surface area contributed by atoms with Crippen LogP contribution >= 0.6 is 11.3 Å². The number of nitrogens with zero attached hydrogens (tertiary/aromatic N) is 2. The molecule has 0 aliphatic rings. The van der Waals surface area contributed by atoms with Crippen LogP contribution in [0.1, 0.15) is 15.5 Å². The fourth-order valence-electron chi connectivity index (χ4n) is 0.960. The third-order valence-electron chi connectivity index (χ3n) is 1.57. The van der Waals surface area contributed by atoms with Crippen LogP contribution in [-0.2, 0) is 0 Å². The molecule has 5 nitrogen and oxygen atoms in total. The number of aromatic nitrogens is 2. The molecule has 0 unspecified atom stereocenters. The molecular weight excluding hydrogens is 204 g/mol. The molecule has 0 aromatic carbocycles. The summed E-state index contributed by atoms with van der Waals surface area (Å²) in [6.07, 6.45) is 0. The quantitative estimate of drug-likeness (QED) is 0.817. The summed E-state index contributed by atoms with van der Waals surface area (Å²) in [5.74, 6) is -1.25. The van der Waals surface area contributed by atoms with Gasteiger partial charge in [0.2, 0.25) is 0 Å². The Morgan fingerprint density at radius 1 is 1.57 bits per heavy atom. The lowest BCUT2D eigenvalue weighted by molar-refractivity contribution is 0.0680. The molecule has 0 saturated carbocycles. The number of carbonyl (C=O) groups is 1. The van der Waals surface area contributed by atoms with Crippen molar-refractivity contribution in [2.45, 2.75) is 6.92 Å². The van der Waals surface area contributed by atoms with E-state index in [9.17, 15) is 4.79 Å². The minimum atomic E-state index is -1.19. The van der Waals surface area contributed by atoms with Crippen LogP contribution in [0.25, 0.3) is 10.8 Å². The smallest absolute Gasteiger partial charge is 0.377 e. The van der Waals surface area contributed by atoms with Gasteiger partial charge in [0.05, 0.1) is 4.88 Å². The van der Waals surface area contributed by atoms with E-state index in [1.807, 2.05) is 19.1 Å². The van der Waals surface area contributed by atoms with Gasteiger partial charge in [0.15, 0.2) is 0 Å². The maximum Gasteiger partial charge on any atom is 0.377 e. The zero-order valence-electron chi connectivity index (χ0n) is 7.22. The van der Waals surface area contributed by atoms with Gasteiger partial charge in [0.25, 0.3) is 11.7 Å². The van der Waals surface area contributed by atoms with Gasteiger partial charge in [0, 0.05) is 4.88 Å². The summed E-state index contributed by atoms with van der Waals surface area (Å²) in [5, 5.41) is 11.9. The Bertz CT molecular complexity index is 474. The van der Waals surface area contributed by atoms with Crippen molar-refractivity contribution in [3.63, 3.8) is 0 Å². The molecule has 0 atom stereocenters. The summed E-state index contributed by atoms with van der Waals surface area (Å²) < 4.78 is 4.79. The highest BCUT2D eigenvalue weighted by atomic mass is 32.1. The second-order valence-corrected chi connectivity index (χ2v) is 3.93. The average molecular weight is 210 g/mol. The standard InChI is InChI=1S/C8H6N2O3S/c1-4-2-3-5(14-4)7-9-6(8(11)12)10-13-7/h2-3H,1H3,(H,11,12). The van der Waals surface area contributed by atoms with Gasteiger partial charge >= 0.3 is 5.97 Å². The summed E-state index contributed by atoms with van der Waals surface area (Å²) in [7, 11) is 0. The number of hydrogen-bond donors (Lipinski definition) is 1. The lowest BCUT2D eigenvalue weighted by Gasteiger charge is -1.82. The highest BCUT2D eigenvalue weighted by molar-refractivity contribution is 7.15. The van der Waals surface area contributed by atoms with E-state index in [2.05, 4.69) is 10.1 Å². The fourth-order valence-corrected chi connectivity index (χ4v) is 1.75. The second-order valence-electron chi connectivity index (χ2n) is 2.64. The Hall–Kier alpha value is -1.69. The summed E-state index contributed by atoms with van der Waals surface area (Å²) >= 11 is 1.48. The normalized spacial score (nSPS) is 10.4. The van der Waals surface area contributed by atoms with Crippen molar-refractivity contribution >= 4 is 17.3 Å². The fraction of sp³-hybridized carbons (Fsp3) is 0.125. The molecule has 0 radical (unpaired) electrons. The minimum Gasteiger partial charge on any atom is -0.475 e. The number of aryl methyl sites for hydroxylation is 1. The molecule has 0 aliphatic carbocycles. The van der Waals surface area contributed by atoms with Crippen LogP contribution < -0.4 is 0 Å². The first-order valence-corrected chi connectivity index (χ1v) is 4.62. The zero-order chi connectivity index (χ0) is 10.1. The molecule has 2 heterocycles. The molecule has 0 bridgehead atoms. The van der Waals surface area contributed by atoms with Gasteiger partial charge < -0.3 is 9.63 Å². The van der Waals surface area contributed by atoms with E-state index in [1.165, 1.54) is 11.3 Å². The summed E-state index contributed by atoms with van der Waals surface area (Å²) in [5.41, 5.74) is 0. The SMILES string of the molecule is Cc1ccc(-c2nc(C(=O)O)no2)s1. The van der Waals surface area contributed by atoms with Gasteiger partial charge in [-0.1, -0.05) is 0 Å². The Morgan fingerprint density at radius 2 is 2.36 bits per heavy atom. The number of carboxylic acid groups (broad SMARTS) is 1. The van der Waals surface area contributed by atoms with E-state index < -0.39 is 5.97 Å². The van der Waals surface area contributed by atoms with Crippen LogP contribution in [0.5, 0.6) is 0 Å². The number of thiophene rings is 1. The van der Waals surface area contributed by atoms with Crippen LogP contribution in [-0.4, -0.2) is 21.2 Å². The summed E-state index contributed by atoms with van der Waals surface area (Å²) in [4.78, 5) is 16.1. The van der Waals surface area contributed by atoms with Crippen molar-refractivity contribution in [3.05, 3.63) is 22.8 Å². The van der Waals surface area contributed by atoms with Crippen molar-refractivity contribution in [2.24, 2.45) is 0 Å². The van der Waals surface area contributed by atoms with E-state index in [0.717, 1.165) is 9.75 Å². The molecule has 1 N–H and O–H groups in total. The van der Waals surface area contributed by atoms with Crippen molar-refractivity contribution in [3.8, 4) is 10.8 Å². The minimum absolute atomic E-state index is 0.250. The van der Waals surface area contributed by atoms with Crippen LogP contribution in [0.2, 0.25) is 0 Å². The number of rotatable bonds is 2. The molecule has 0 fully saturated rings. The molecule has 0 spiro atoms. The molecule has 2 rings (SSSR count). The Morgan fingerprint density at radius 3 is 2.86 bits per heavy atom. The number of aromatic carboxylic acids is 1. The maximum atomic E-state index is 10.5.